The number of hydrogen-bond acceptors (Lipinski definition) is 4. The van der Waals surface area contributed by atoms with Crippen molar-refractivity contribution in [1.82, 2.24) is 15.5 Å². The third-order valence-corrected chi connectivity index (χ3v) is 6.12. The van der Waals surface area contributed by atoms with E-state index in [9.17, 15) is 14.4 Å². The Labute approximate surface area is 228 Å². The zero-order valence-corrected chi connectivity index (χ0v) is 23.7. The quantitative estimate of drug-likeness (QED) is 0.294. The molecule has 2 aromatic rings. The summed E-state index contributed by atoms with van der Waals surface area (Å²) in [5.74, 6) is -0.584. The van der Waals surface area contributed by atoms with E-state index >= 15 is 0 Å². The van der Waals surface area contributed by atoms with Gasteiger partial charge in [-0.05, 0) is 45.2 Å². The molecular weight excluding hydrogens is 478 g/mol. The molecule has 0 aliphatic heterocycles. The van der Waals surface area contributed by atoms with Crippen LogP contribution in [0.4, 0.5) is 4.79 Å². The van der Waals surface area contributed by atoms with Crippen molar-refractivity contribution in [3.63, 3.8) is 0 Å². The van der Waals surface area contributed by atoms with Crippen molar-refractivity contribution in [2.24, 2.45) is 0 Å². The Morgan fingerprint density at radius 3 is 2.13 bits per heavy atom. The van der Waals surface area contributed by atoms with Gasteiger partial charge in [0.2, 0.25) is 11.8 Å². The van der Waals surface area contributed by atoms with Crippen LogP contribution in [0.25, 0.3) is 0 Å². The molecule has 0 bridgehead atoms. The average molecular weight is 524 g/mol. The molecule has 0 aliphatic rings. The molecule has 0 saturated heterocycles. The average Bonchev–Trinajstić information content (AvgIpc) is 2.87. The van der Waals surface area contributed by atoms with Gasteiger partial charge < -0.3 is 20.3 Å². The topological polar surface area (TPSA) is 87.7 Å². The number of aryl methyl sites for hydroxylation is 1. The first-order chi connectivity index (χ1) is 18.1. The zero-order chi connectivity index (χ0) is 28.0. The fraction of sp³-hybridized carbons (Fsp3) is 0.516. The molecule has 7 nitrogen and oxygen atoms in total. The third-order valence-electron chi connectivity index (χ3n) is 6.12. The molecule has 0 aromatic heterocycles. The smallest absolute Gasteiger partial charge is 0.408 e. The number of nitrogens with zero attached hydrogens (tertiary/aromatic N) is 1. The highest BCUT2D eigenvalue weighted by Crippen LogP contribution is 2.23. The van der Waals surface area contributed by atoms with Gasteiger partial charge in [-0.25, -0.2) is 4.79 Å². The predicted octanol–water partition coefficient (Wildman–Crippen LogP) is 6.07. The predicted molar refractivity (Wildman–Crippen MR) is 152 cm³/mol. The molecule has 1 unspecified atom stereocenters. The molecule has 3 amide bonds. The minimum absolute atomic E-state index is 0.251. The lowest BCUT2D eigenvalue weighted by Crippen LogP contribution is -2.48. The maximum Gasteiger partial charge on any atom is 0.408 e. The van der Waals surface area contributed by atoms with Crippen LogP contribution in [-0.2, 0) is 20.9 Å². The summed E-state index contributed by atoms with van der Waals surface area (Å²) in [7, 11) is 0. The van der Waals surface area contributed by atoms with Gasteiger partial charge in [0, 0.05) is 13.1 Å². The highest BCUT2D eigenvalue weighted by molar-refractivity contribution is 5.90. The van der Waals surface area contributed by atoms with Crippen molar-refractivity contribution in [3.8, 4) is 0 Å². The number of carbonyl (C=O) groups excluding carboxylic acids is 3. The molecule has 208 valence electrons. The van der Waals surface area contributed by atoms with Gasteiger partial charge in [-0.3, -0.25) is 9.59 Å². The van der Waals surface area contributed by atoms with E-state index in [1.165, 1.54) is 6.42 Å². The van der Waals surface area contributed by atoms with Gasteiger partial charge in [0.05, 0.1) is 0 Å². The molecule has 2 N–H and O–H groups in total. The van der Waals surface area contributed by atoms with Crippen molar-refractivity contribution in [3.05, 3.63) is 71.3 Å². The molecule has 7 heteroatoms. The number of benzene rings is 2. The van der Waals surface area contributed by atoms with Crippen molar-refractivity contribution in [2.45, 2.75) is 91.3 Å². The second kappa shape index (κ2) is 15.8. The fourth-order valence-corrected chi connectivity index (χ4v) is 4.13. The molecule has 0 spiro atoms. The Morgan fingerprint density at radius 1 is 0.868 bits per heavy atom. The second-order valence-corrected chi connectivity index (χ2v) is 10.7. The lowest BCUT2D eigenvalue weighted by molar-refractivity contribution is -0.140. The van der Waals surface area contributed by atoms with Crippen LogP contribution in [0.5, 0.6) is 0 Å². The molecule has 0 aliphatic carbocycles. The van der Waals surface area contributed by atoms with Gasteiger partial charge >= 0.3 is 6.09 Å². The monoisotopic (exact) mass is 523 g/mol. The first kappa shape index (κ1) is 30.9. The Bertz CT molecular complexity index is 1000. The van der Waals surface area contributed by atoms with Crippen molar-refractivity contribution in [2.75, 3.05) is 13.1 Å². The molecular formula is C31H45N3O4. The van der Waals surface area contributed by atoms with Crippen molar-refractivity contribution < 1.29 is 19.1 Å². The maximum atomic E-state index is 13.6. The molecule has 0 saturated carbocycles. The van der Waals surface area contributed by atoms with Crippen LogP contribution in [0.2, 0.25) is 0 Å². The van der Waals surface area contributed by atoms with E-state index < -0.39 is 17.7 Å². The summed E-state index contributed by atoms with van der Waals surface area (Å²) in [5, 5.41) is 5.58. The molecule has 38 heavy (non-hydrogen) atoms. The summed E-state index contributed by atoms with van der Waals surface area (Å²) in [5.41, 5.74) is 2.10. The number of amides is 3. The first-order valence-corrected chi connectivity index (χ1v) is 13.7. The van der Waals surface area contributed by atoms with Gasteiger partial charge in [-0.2, -0.15) is 0 Å². The SMILES string of the molecule is CCCCCCCCN(C(=O)CNC(=O)OC(C)(C)C)C(C(=O)NCc1ccccc1)c1ccc(C)cc1. The summed E-state index contributed by atoms with van der Waals surface area (Å²) >= 11 is 0. The molecule has 2 rings (SSSR count). The molecule has 0 fully saturated rings. The molecule has 0 heterocycles. The number of alkyl carbamates (subject to hydrolysis) is 1. The van der Waals surface area contributed by atoms with Gasteiger partial charge in [-0.1, -0.05) is 99.2 Å². The Balaban J connectivity index is 2.25. The third kappa shape index (κ3) is 11.4. The summed E-state index contributed by atoms with van der Waals surface area (Å²) in [6, 6.07) is 16.5. The second-order valence-electron chi connectivity index (χ2n) is 10.7. The summed E-state index contributed by atoms with van der Waals surface area (Å²) < 4.78 is 5.30. The van der Waals surface area contributed by atoms with Crippen LogP contribution in [0.1, 0.15) is 89.0 Å². The van der Waals surface area contributed by atoms with E-state index in [0.717, 1.165) is 48.8 Å². The largest absolute Gasteiger partial charge is 0.444 e. The van der Waals surface area contributed by atoms with Crippen LogP contribution in [0.15, 0.2) is 54.6 Å². The Morgan fingerprint density at radius 2 is 1.50 bits per heavy atom. The minimum Gasteiger partial charge on any atom is -0.444 e. The van der Waals surface area contributed by atoms with E-state index in [0.29, 0.717) is 13.1 Å². The minimum atomic E-state index is -0.817. The van der Waals surface area contributed by atoms with Gasteiger partial charge in [0.15, 0.2) is 0 Å². The lowest BCUT2D eigenvalue weighted by atomic mass is 10.0. The fourth-order valence-electron chi connectivity index (χ4n) is 4.13. The number of hydrogen-bond donors (Lipinski definition) is 2. The van der Waals surface area contributed by atoms with E-state index in [-0.39, 0.29) is 18.4 Å². The van der Waals surface area contributed by atoms with Crippen LogP contribution in [0, 0.1) is 6.92 Å². The zero-order valence-electron chi connectivity index (χ0n) is 23.7. The first-order valence-electron chi connectivity index (χ1n) is 13.7. The normalized spacial score (nSPS) is 11.9. The summed E-state index contributed by atoms with van der Waals surface area (Å²) in [4.78, 5) is 41.0. The number of unbranched alkanes of at least 4 members (excludes halogenated alkanes) is 5. The molecule has 0 radical (unpaired) electrons. The van der Waals surface area contributed by atoms with Crippen LogP contribution in [-0.4, -0.2) is 41.5 Å². The summed E-state index contributed by atoms with van der Waals surface area (Å²) in [6.45, 7) is 9.99. The van der Waals surface area contributed by atoms with E-state index in [4.69, 9.17) is 4.74 Å². The van der Waals surface area contributed by atoms with Gasteiger partial charge in [0.25, 0.3) is 0 Å². The van der Waals surface area contributed by atoms with E-state index in [1.807, 2.05) is 61.5 Å². The maximum absolute atomic E-state index is 13.6. The highest BCUT2D eigenvalue weighted by Gasteiger charge is 2.31. The van der Waals surface area contributed by atoms with Crippen LogP contribution in [0.3, 0.4) is 0 Å². The number of carbonyl (C=O) groups is 3. The van der Waals surface area contributed by atoms with Crippen LogP contribution >= 0.6 is 0 Å². The summed E-state index contributed by atoms with van der Waals surface area (Å²) in [6.07, 6.45) is 5.68. The van der Waals surface area contributed by atoms with Crippen LogP contribution < -0.4 is 10.6 Å². The van der Waals surface area contributed by atoms with Crippen molar-refractivity contribution in [1.29, 1.82) is 0 Å². The lowest BCUT2D eigenvalue weighted by Gasteiger charge is -2.32. The standard InChI is InChI=1S/C31H45N3O4/c1-6-7-8-9-10-14-21-34(27(35)23-33-30(37)38-31(3,4)5)28(26-19-17-24(2)18-20-26)29(36)32-22-25-15-12-11-13-16-25/h11-13,15-20,28H,6-10,14,21-23H2,1-5H3,(H,32,36)(H,33,37). The number of rotatable bonds is 14. The van der Waals surface area contributed by atoms with Crippen molar-refractivity contribution >= 4 is 17.9 Å². The highest BCUT2D eigenvalue weighted by atomic mass is 16.6. The Kier molecular flexibility index (Phi) is 12.8. The number of nitrogens with one attached hydrogen (secondary N) is 2. The number of ether oxygens (including phenoxy) is 1. The van der Waals surface area contributed by atoms with Gasteiger partial charge in [-0.15, -0.1) is 0 Å². The van der Waals surface area contributed by atoms with E-state index in [1.54, 1.807) is 25.7 Å². The Hall–Kier alpha value is -3.35. The van der Waals surface area contributed by atoms with Gasteiger partial charge in [0.1, 0.15) is 18.2 Å². The molecule has 2 aromatic carbocycles. The van der Waals surface area contributed by atoms with E-state index in [2.05, 4.69) is 17.6 Å². The molecule has 1 atom stereocenters.